The van der Waals surface area contributed by atoms with Gasteiger partial charge in [-0.05, 0) is 30.8 Å². The molecule has 0 aromatic carbocycles. The smallest absolute Gasteiger partial charge is 0.251 e. The number of hydrogen-bond acceptors (Lipinski definition) is 7. The second kappa shape index (κ2) is 9.25. The maximum atomic E-state index is 12.3. The zero-order valence-corrected chi connectivity index (χ0v) is 16.2. The minimum Gasteiger partial charge on any atom is -0.372 e. The molecule has 7 nitrogen and oxygen atoms in total. The maximum absolute atomic E-state index is 12.3. The highest BCUT2D eigenvalue weighted by atomic mass is 32.1. The lowest BCUT2D eigenvalue weighted by molar-refractivity contribution is -0.143. The predicted octanol–water partition coefficient (Wildman–Crippen LogP) is 2.30. The highest BCUT2D eigenvalue weighted by molar-refractivity contribution is 7.13. The van der Waals surface area contributed by atoms with Gasteiger partial charge in [0.05, 0.1) is 4.88 Å². The van der Waals surface area contributed by atoms with Crippen LogP contribution in [0.1, 0.15) is 25.7 Å². The molecule has 0 N–H and O–H groups in total. The number of amides is 1. The number of nitrogens with zero attached hydrogens (tertiary/aromatic N) is 4. The maximum Gasteiger partial charge on any atom is 0.251 e. The summed E-state index contributed by atoms with van der Waals surface area (Å²) in [5, 5.41) is 6.05. The van der Waals surface area contributed by atoms with Crippen LogP contribution in [0.4, 0.5) is 0 Å². The van der Waals surface area contributed by atoms with E-state index in [9.17, 15) is 4.79 Å². The summed E-state index contributed by atoms with van der Waals surface area (Å²) in [5.74, 6) is 1.47. The summed E-state index contributed by atoms with van der Waals surface area (Å²) in [6, 6.07) is 3.97. The van der Waals surface area contributed by atoms with Crippen LogP contribution in [0, 0.1) is 0 Å². The highest BCUT2D eigenvalue weighted by Crippen LogP contribution is 2.21. The lowest BCUT2D eigenvalue weighted by atomic mass is 10.2. The fourth-order valence-corrected chi connectivity index (χ4v) is 3.80. The van der Waals surface area contributed by atoms with Crippen molar-refractivity contribution in [3.05, 3.63) is 23.4 Å². The summed E-state index contributed by atoms with van der Waals surface area (Å²) in [7, 11) is 1.60. The molecule has 3 rings (SSSR count). The van der Waals surface area contributed by atoms with E-state index in [0.717, 1.165) is 50.4 Å². The Morgan fingerprint density at radius 3 is 2.85 bits per heavy atom. The molecule has 0 saturated carbocycles. The van der Waals surface area contributed by atoms with Crippen molar-refractivity contribution < 1.29 is 14.1 Å². The van der Waals surface area contributed by atoms with Crippen molar-refractivity contribution in [1.29, 1.82) is 0 Å². The van der Waals surface area contributed by atoms with E-state index in [1.165, 1.54) is 0 Å². The summed E-state index contributed by atoms with van der Waals surface area (Å²) in [6.45, 7) is 6.28. The second-order valence-electron chi connectivity index (χ2n) is 6.39. The topological polar surface area (TPSA) is 71.7 Å². The average molecular weight is 378 g/mol. The van der Waals surface area contributed by atoms with Crippen molar-refractivity contribution in [1.82, 2.24) is 19.9 Å². The molecule has 1 fully saturated rings. The van der Waals surface area contributed by atoms with Gasteiger partial charge in [0.2, 0.25) is 11.7 Å². The molecule has 0 aliphatic carbocycles. The molecule has 0 spiro atoms. The Labute approximate surface area is 157 Å². The van der Waals surface area contributed by atoms with Crippen LogP contribution < -0.4 is 0 Å². The first kappa shape index (κ1) is 19.0. The fourth-order valence-electron chi connectivity index (χ4n) is 3.15. The standard InChI is InChI=1S/C18H26N4O3S/c1-3-14(24-2)18(23)22-11-9-21(10-12-22)8-4-7-16-19-17(20-25-16)15-6-5-13-26-15/h5-6,13-14H,3-4,7-12H2,1-2H3. The molecular weight excluding hydrogens is 352 g/mol. The van der Waals surface area contributed by atoms with Gasteiger partial charge < -0.3 is 14.2 Å². The number of aromatic nitrogens is 2. The van der Waals surface area contributed by atoms with Crippen molar-refractivity contribution in [2.24, 2.45) is 0 Å². The quantitative estimate of drug-likeness (QED) is 0.702. The number of ether oxygens (including phenoxy) is 1. The zero-order valence-electron chi connectivity index (χ0n) is 15.4. The third-order valence-corrected chi connectivity index (χ3v) is 5.56. The molecule has 2 aromatic heterocycles. The molecular formula is C18H26N4O3S. The Morgan fingerprint density at radius 2 is 2.19 bits per heavy atom. The van der Waals surface area contributed by atoms with Gasteiger partial charge in [-0.25, -0.2) is 0 Å². The lowest BCUT2D eigenvalue weighted by Gasteiger charge is -2.36. The molecule has 0 bridgehead atoms. The third kappa shape index (κ3) is 4.69. The van der Waals surface area contributed by atoms with Crippen molar-refractivity contribution in [2.45, 2.75) is 32.3 Å². The largest absolute Gasteiger partial charge is 0.372 e. The predicted molar refractivity (Wildman–Crippen MR) is 100 cm³/mol. The molecule has 1 aliphatic heterocycles. The molecule has 1 aliphatic rings. The number of rotatable bonds is 8. The minimum absolute atomic E-state index is 0.113. The van der Waals surface area contributed by atoms with Gasteiger partial charge in [-0.1, -0.05) is 18.1 Å². The summed E-state index contributed by atoms with van der Waals surface area (Å²) in [5.41, 5.74) is 0. The van der Waals surface area contributed by atoms with Crippen molar-refractivity contribution in [3.8, 4) is 10.7 Å². The van der Waals surface area contributed by atoms with Crippen LogP contribution in [-0.2, 0) is 16.0 Å². The van der Waals surface area contributed by atoms with E-state index in [0.29, 0.717) is 18.1 Å². The normalized spacial score (nSPS) is 16.8. The first-order valence-electron chi connectivity index (χ1n) is 9.11. The van der Waals surface area contributed by atoms with Crippen molar-refractivity contribution in [3.63, 3.8) is 0 Å². The number of thiophene rings is 1. The van der Waals surface area contributed by atoms with E-state index in [1.54, 1.807) is 18.4 Å². The molecule has 3 heterocycles. The minimum atomic E-state index is -0.309. The highest BCUT2D eigenvalue weighted by Gasteiger charge is 2.26. The van der Waals surface area contributed by atoms with E-state index in [1.807, 2.05) is 29.3 Å². The van der Waals surface area contributed by atoms with E-state index in [-0.39, 0.29) is 12.0 Å². The molecule has 0 radical (unpaired) electrons. The number of piperazine rings is 1. The molecule has 142 valence electrons. The fraction of sp³-hybridized carbons (Fsp3) is 0.611. The van der Waals surface area contributed by atoms with E-state index < -0.39 is 0 Å². The molecule has 1 amide bonds. The molecule has 1 unspecified atom stereocenters. The van der Waals surface area contributed by atoms with Gasteiger partial charge in [0, 0.05) is 39.7 Å². The van der Waals surface area contributed by atoms with E-state index >= 15 is 0 Å². The number of carbonyl (C=O) groups is 1. The van der Waals surface area contributed by atoms with Crippen LogP contribution in [0.15, 0.2) is 22.0 Å². The van der Waals surface area contributed by atoms with E-state index in [2.05, 4.69) is 15.0 Å². The Kier molecular flexibility index (Phi) is 6.76. The molecule has 2 aromatic rings. The third-order valence-electron chi connectivity index (χ3n) is 4.69. The number of methoxy groups -OCH3 is 1. The summed E-state index contributed by atoms with van der Waals surface area (Å²) < 4.78 is 10.6. The van der Waals surface area contributed by atoms with Crippen LogP contribution in [-0.4, -0.2) is 71.8 Å². The van der Waals surface area contributed by atoms with Gasteiger partial charge in [-0.2, -0.15) is 4.98 Å². The average Bonchev–Trinajstić information content (AvgIpc) is 3.35. The Balaban J connectivity index is 1.38. The first-order chi connectivity index (χ1) is 12.7. The van der Waals surface area contributed by atoms with Crippen molar-refractivity contribution in [2.75, 3.05) is 39.8 Å². The summed E-state index contributed by atoms with van der Waals surface area (Å²) in [4.78, 5) is 22.1. The van der Waals surface area contributed by atoms with Gasteiger partial charge in [0.15, 0.2) is 0 Å². The molecule has 26 heavy (non-hydrogen) atoms. The van der Waals surface area contributed by atoms with E-state index in [4.69, 9.17) is 9.26 Å². The Hall–Kier alpha value is -1.77. The zero-order chi connectivity index (χ0) is 18.4. The molecule has 1 saturated heterocycles. The van der Waals surface area contributed by atoms with Gasteiger partial charge in [-0.3, -0.25) is 9.69 Å². The first-order valence-corrected chi connectivity index (χ1v) is 9.99. The Morgan fingerprint density at radius 1 is 1.38 bits per heavy atom. The number of hydrogen-bond donors (Lipinski definition) is 0. The van der Waals surface area contributed by atoms with Gasteiger partial charge in [0.25, 0.3) is 5.91 Å². The molecule has 1 atom stereocenters. The number of aryl methyl sites for hydroxylation is 1. The number of carbonyl (C=O) groups excluding carboxylic acids is 1. The van der Waals surface area contributed by atoms with Crippen LogP contribution in [0.2, 0.25) is 0 Å². The summed E-state index contributed by atoms with van der Waals surface area (Å²) >= 11 is 1.61. The van der Waals surface area contributed by atoms with Gasteiger partial charge in [-0.15, -0.1) is 11.3 Å². The molecule has 8 heteroatoms. The lowest BCUT2D eigenvalue weighted by Crippen LogP contribution is -2.51. The summed E-state index contributed by atoms with van der Waals surface area (Å²) in [6.07, 6.45) is 2.15. The monoisotopic (exact) mass is 378 g/mol. The van der Waals surface area contributed by atoms with Gasteiger partial charge in [0.1, 0.15) is 6.10 Å². The van der Waals surface area contributed by atoms with Crippen LogP contribution in [0.5, 0.6) is 0 Å². The van der Waals surface area contributed by atoms with Gasteiger partial charge >= 0.3 is 0 Å². The van der Waals surface area contributed by atoms with Crippen molar-refractivity contribution >= 4 is 17.2 Å². The van der Waals surface area contributed by atoms with Crippen LogP contribution in [0.25, 0.3) is 10.7 Å². The SMILES string of the molecule is CCC(OC)C(=O)N1CCN(CCCc2nc(-c3cccs3)no2)CC1. The van der Waals surface area contributed by atoms with Crippen LogP contribution >= 0.6 is 11.3 Å². The second-order valence-corrected chi connectivity index (χ2v) is 7.34. The Bertz CT molecular complexity index is 676. The van der Waals surface area contributed by atoms with Crippen LogP contribution in [0.3, 0.4) is 0 Å².